The molecule has 0 spiro atoms. The summed E-state index contributed by atoms with van der Waals surface area (Å²) in [6.07, 6.45) is 7.78. The minimum absolute atomic E-state index is 0.346. The van der Waals surface area contributed by atoms with Crippen molar-refractivity contribution in [2.75, 3.05) is 0 Å². The van der Waals surface area contributed by atoms with Crippen molar-refractivity contribution < 1.29 is 5.11 Å². The number of hydrogen-bond donors (Lipinski definition) is 1. The first kappa shape index (κ1) is 12.2. The van der Waals surface area contributed by atoms with Crippen molar-refractivity contribution in [2.24, 2.45) is 17.3 Å². The minimum Gasteiger partial charge on any atom is -0.389 e. The summed E-state index contributed by atoms with van der Waals surface area (Å²) in [6, 6.07) is 0. The van der Waals surface area contributed by atoms with Crippen LogP contribution in [-0.4, -0.2) is 10.7 Å². The largest absolute Gasteiger partial charge is 0.389 e. The molecule has 0 saturated heterocycles. The fraction of sp³-hybridized carbons (Fsp3) is 0.867. The van der Waals surface area contributed by atoms with E-state index in [0.717, 1.165) is 19.3 Å². The molecular formula is C15H26O. The molecule has 2 aliphatic rings. The van der Waals surface area contributed by atoms with E-state index in [1.54, 1.807) is 0 Å². The highest BCUT2D eigenvalue weighted by Gasteiger charge is 2.47. The molecule has 2 aliphatic carbocycles. The summed E-state index contributed by atoms with van der Waals surface area (Å²) in [5, 5.41) is 10.8. The van der Waals surface area contributed by atoms with E-state index in [9.17, 15) is 5.11 Å². The number of fused-ring (bicyclic) bond motifs is 1. The summed E-state index contributed by atoms with van der Waals surface area (Å²) < 4.78 is 0. The first-order valence-electron chi connectivity index (χ1n) is 6.70. The molecule has 1 N–H and O–H groups in total. The molecule has 3 atom stereocenters. The third kappa shape index (κ3) is 2.20. The Hall–Kier alpha value is -0.300. The fourth-order valence-corrected chi connectivity index (χ4v) is 3.69. The summed E-state index contributed by atoms with van der Waals surface area (Å²) in [6.45, 7) is 9.18. The third-order valence-electron chi connectivity index (χ3n) is 4.77. The summed E-state index contributed by atoms with van der Waals surface area (Å²) in [7, 11) is 0. The normalized spacial score (nSPS) is 46.4. The number of aliphatic hydroxyl groups is 1. The van der Waals surface area contributed by atoms with Crippen molar-refractivity contribution in [1.82, 2.24) is 0 Å². The Kier molecular flexibility index (Phi) is 2.94. The highest BCUT2D eigenvalue weighted by Crippen LogP contribution is 2.50. The van der Waals surface area contributed by atoms with Crippen molar-refractivity contribution in [2.45, 2.75) is 65.4 Å². The van der Waals surface area contributed by atoms with Crippen LogP contribution in [0.3, 0.4) is 0 Å². The van der Waals surface area contributed by atoms with E-state index in [1.807, 2.05) is 0 Å². The first-order valence-corrected chi connectivity index (χ1v) is 6.70. The van der Waals surface area contributed by atoms with Crippen LogP contribution in [0.15, 0.2) is 11.6 Å². The van der Waals surface area contributed by atoms with Crippen LogP contribution in [0.2, 0.25) is 0 Å². The van der Waals surface area contributed by atoms with Gasteiger partial charge in [-0.05, 0) is 56.3 Å². The van der Waals surface area contributed by atoms with E-state index in [1.165, 1.54) is 18.4 Å². The Morgan fingerprint density at radius 2 is 2.06 bits per heavy atom. The maximum Gasteiger partial charge on any atom is 0.0715 e. The highest BCUT2D eigenvalue weighted by atomic mass is 16.3. The second-order valence-electron chi connectivity index (χ2n) is 7.03. The van der Waals surface area contributed by atoms with Crippen LogP contribution >= 0.6 is 0 Å². The molecule has 16 heavy (non-hydrogen) atoms. The third-order valence-corrected chi connectivity index (χ3v) is 4.77. The van der Waals surface area contributed by atoms with Gasteiger partial charge in [0.05, 0.1) is 5.60 Å². The van der Waals surface area contributed by atoms with Crippen molar-refractivity contribution in [3.05, 3.63) is 11.6 Å². The van der Waals surface area contributed by atoms with Gasteiger partial charge in [-0.1, -0.05) is 32.4 Å². The van der Waals surface area contributed by atoms with Gasteiger partial charge in [0.25, 0.3) is 0 Å². The SMILES string of the molecule is C/C1=C/CC(C)(C)C[C@H]2[C@H](C)CC[C@@]2(O)C1. The molecule has 0 bridgehead atoms. The molecule has 0 aromatic rings. The first-order chi connectivity index (χ1) is 7.32. The van der Waals surface area contributed by atoms with Gasteiger partial charge < -0.3 is 5.11 Å². The standard InChI is InChI=1S/C15H26O/c1-11-5-7-14(3,4)10-13-12(2)6-8-15(13,16)9-11/h5,12-13,16H,6-10H2,1-4H3/b11-5-/t12-,13+,15-/m1/s1. The van der Waals surface area contributed by atoms with Crippen LogP contribution in [0, 0.1) is 17.3 Å². The molecule has 2 rings (SSSR count). The summed E-state index contributed by atoms with van der Waals surface area (Å²) in [5.41, 5.74) is 1.32. The molecular weight excluding hydrogens is 196 g/mol. The van der Waals surface area contributed by atoms with Gasteiger partial charge in [-0.25, -0.2) is 0 Å². The molecule has 1 fully saturated rings. The number of allylic oxidation sites excluding steroid dienone is 1. The Labute approximate surface area is 99.9 Å². The van der Waals surface area contributed by atoms with Gasteiger partial charge in [0.2, 0.25) is 0 Å². The molecule has 0 aliphatic heterocycles. The lowest BCUT2D eigenvalue weighted by molar-refractivity contribution is -0.0252. The van der Waals surface area contributed by atoms with Gasteiger partial charge in [0.15, 0.2) is 0 Å². The molecule has 92 valence electrons. The Bertz CT molecular complexity index is 303. The van der Waals surface area contributed by atoms with E-state index >= 15 is 0 Å². The average molecular weight is 222 g/mol. The molecule has 0 unspecified atom stereocenters. The van der Waals surface area contributed by atoms with Crippen molar-refractivity contribution in [3.63, 3.8) is 0 Å². The van der Waals surface area contributed by atoms with Gasteiger partial charge in [0.1, 0.15) is 0 Å². The number of rotatable bonds is 0. The zero-order chi connectivity index (χ0) is 12.0. The summed E-state index contributed by atoms with van der Waals surface area (Å²) >= 11 is 0. The zero-order valence-corrected chi connectivity index (χ0v) is 11.2. The molecule has 1 saturated carbocycles. The predicted molar refractivity (Wildman–Crippen MR) is 68.2 cm³/mol. The lowest BCUT2D eigenvalue weighted by Gasteiger charge is -2.39. The quantitative estimate of drug-likeness (QED) is 0.616. The lowest BCUT2D eigenvalue weighted by atomic mass is 9.69. The summed E-state index contributed by atoms with van der Waals surface area (Å²) in [4.78, 5) is 0. The van der Waals surface area contributed by atoms with Crippen LogP contribution in [0.25, 0.3) is 0 Å². The molecule has 0 aromatic heterocycles. The molecule has 0 aromatic carbocycles. The van der Waals surface area contributed by atoms with Crippen molar-refractivity contribution in [3.8, 4) is 0 Å². The monoisotopic (exact) mass is 222 g/mol. The van der Waals surface area contributed by atoms with E-state index in [2.05, 4.69) is 33.8 Å². The molecule has 0 amide bonds. The second-order valence-corrected chi connectivity index (χ2v) is 7.03. The van der Waals surface area contributed by atoms with Crippen LogP contribution in [0.4, 0.5) is 0 Å². The van der Waals surface area contributed by atoms with E-state index < -0.39 is 5.60 Å². The summed E-state index contributed by atoms with van der Waals surface area (Å²) in [5.74, 6) is 1.20. The van der Waals surface area contributed by atoms with E-state index in [0.29, 0.717) is 17.3 Å². The molecule has 0 radical (unpaired) electrons. The zero-order valence-electron chi connectivity index (χ0n) is 11.2. The van der Waals surface area contributed by atoms with Crippen molar-refractivity contribution in [1.29, 1.82) is 0 Å². The predicted octanol–water partition coefficient (Wildman–Crippen LogP) is 3.92. The maximum absolute atomic E-state index is 10.8. The van der Waals surface area contributed by atoms with E-state index in [-0.39, 0.29) is 0 Å². The van der Waals surface area contributed by atoms with Gasteiger partial charge in [-0.3, -0.25) is 0 Å². The second kappa shape index (κ2) is 3.87. The number of hydrogen-bond acceptors (Lipinski definition) is 1. The Morgan fingerprint density at radius 3 is 2.75 bits per heavy atom. The van der Waals surface area contributed by atoms with Crippen LogP contribution in [0.5, 0.6) is 0 Å². The molecule has 1 heteroatoms. The maximum atomic E-state index is 10.8. The van der Waals surface area contributed by atoms with Gasteiger partial charge in [0, 0.05) is 0 Å². The Morgan fingerprint density at radius 1 is 1.38 bits per heavy atom. The van der Waals surface area contributed by atoms with E-state index in [4.69, 9.17) is 0 Å². The Balaban J connectivity index is 2.31. The van der Waals surface area contributed by atoms with Gasteiger partial charge in [-0.15, -0.1) is 0 Å². The van der Waals surface area contributed by atoms with Crippen LogP contribution in [-0.2, 0) is 0 Å². The average Bonchev–Trinajstić information content (AvgIpc) is 2.42. The van der Waals surface area contributed by atoms with Gasteiger partial charge in [-0.2, -0.15) is 0 Å². The lowest BCUT2D eigenvalue weighted by Crippen LogP contribution is -2.39. The molecule has 0 heterocycles. The smallest absolute Gasteiger partial charge is 0.0715 e. The topological polar surface area (TPSA) is 20.2 Å². The fourth-order valence-electron chi connectivity index (χ4n) is 3.69. The van der Waals surface area contributed by atoms with Gasteiger partial charge >= 0.3 is 0 Å². The van der Waals surface area contributed by atoms with Crippen LogP contribution < -0.4 is 0 Å². The van der Waals surface area contributed by atoms with Crippen molar-refractivity contribution >= 4 is 0 Å². The minimum atomic E-state index is -0.405. The molecule has 1 nitrogen and oxygen atoms in total. The highest BCUT2D eigenvalue weighted by molar-refractivity contribution is 5.12. The van der Waals surface area contributed by atoms with Crippen LogP contribution in [0.1, 0.15) is 59.8 Å².